The number of nitrogens with one attached hydrogen (secondary N) is 1. The zero-order valence-corrected chi connectivity index (χ0v) is 12.9. The van der Waals surface area contributed by atoms with E-state index in [0.717, 1.165) is 4.47 Å². The van der Waals surface area contributed by atoms with Gasteiger partial charge in [0.2, 0.25) is 5.91 Å². The number of rotatable bonds is 6. The van der Waals surface area contributed by atoms with Crippen molar-refractivity contribution in [1.29, 1.82) is 0 Å². The SMILES string of the molecule is CC(C)(CN)CC(=O)NCCc1cc(Br)ccc1F. The first-order valence-electron chi connectivity index (χ1n) is 6.25. The minimum Gasteiger partial charge on any atom is -0.356 e. The molecule has 0 atom stereocenters. The molecule has 0 spiro atoms. The molecule has 0 bridgehead atoms. The van der Waals surface area contributed by atoms with Crippen LogP contribution in [-0.2, 0) is 11.2 Å². The topological polar surface area (TPSA) is 55.1 Å². The molecule has 0 heterocycles. The van der Waals surface area contributed by atoms with Gasteiger partial charge in [0.15, 0.2) is 0 Å². The van der Waals surface area contributed by atoms with Gasteiger partial charge in [-0.15, -0.1) is 0 Å². The van der Waals surface area contributed by atoms with E-state index in [1.54, 1.807) is 12.1 Å². The van der Waals surface area contributed by atoms with E-state index in [1.807, 2.05) is 13.8 Å². The molecule has 0 radical (unpaired) electrons. The lowest BCUT2D eigenvalue weighted by Crippen LogP contribution is -2.34. The summed E-state index contributed by atoms with van der Waals surface area (Å²) in [6.07, 6.45) is 0.852. The maximum Gasteiger partial charge on any atom is 0.220 e. The molecule has 0 unspecified atom stereocenters. The highest BCUT2D eigenvalue weighted by Crippen LogP contribution is 2.18. The van der Waals surface area contributed by atoms with E-state index in [4.69, 9.17) is 5.73 Å². The van der Waals surface area contributed by atoms with E-state index < -0.39 is 0 Å². The summed E-state index contributed by atoms with van der Waals surface area (Å²) in [5, 5.41) is 2.79. The van der Waals surface area contributed by atoms with Crippen LogP contribution in [0.1, 0.15) is 25.8 Å². The number of halogens is 2. The quantitative estimate of drug-likeness (QED) is 0.842. The van der Waals surface area contributed by atoms with E-state index in [-0.39, 0.29) is 17.1 Å². The molecule has 0 aliphatic carbocycles. The third kappa shape index (κ3) is 5.70. The highest BCUT2D eigenvalue weighted by molar-refractivity contribution is 9.10. The smallest absolute Gasteiger partial charge is 0.220 e. The predicted molar refractivity (Wildman–Crippen MR) is 78.3 cm³/mol. The second-order valence-corrected chi connectivity index (χ2v) is 6.30. The van der Waals surface area contributed by atoms with Crippen molar-refractivity contribution in [2.45, 2.75) is 26.7 Å². The Labute approximate surface area is 121 Å². The molecule has 3 nitrogen and oxygen atoms in total. The summed E-state index contributed by atoms with van der Waals surface area (Å²) in [5.74, 6) is -0.300. The maximum atomic E-state index is 13.5. The molecular weight excluding hydrogens is 311 g/mol. The van der Waals surface area contributed by atoms with Crippen LogP contribution in [0, 0.1) is 11.2 Å². The number of hydrogen-bond acceptors (Lipinski definition) is 2. The Morgan fingerprint density at radius 3 is 2.79 bits per heavy atom. The zero-order valence-electron chi connectivity index (χ0n) is 11.3. The number of nitrogens with two attached hydrogens (primary N) is 1. The van der Waals surface area contributed by atoms with E-state index in [2.05, 4.69) is 21.2 Å². The molecule has 1 aromatic carbocycles. The van der Waals surface area contributed by atoms with Crippen molar-refractivity contribution in [1.82, 2.24) is 5.32 Å². The summed E-state index contributed by atoms with van der Waals surface area (Å²) < 4.78 is 14.3. The van der Waals surface area contributed by atoms with Crippen molar-refractivity contribution >= 4 is 21.8 Å². The molecule has 1 rings (SSSR count). The fourth-order valence-corrected chi connectivity index (χ4v) is 2.05. The normalized spacial score (nSPS) is 11.4. The third-order valence-electron chi connectivity index (χ3n) is 2.92. The minimum atomic E-state index is -0.250. The van der Waals surface area contributed by atoms with Crippen LogP contribution >= 0.6 is 15.9 Å². The summed E-state index contributed by atoms with van der Waals surface area (Å²) in [4.78, 5) is 11.7. The van der Waals surface area contributed by atoms with Crippen LogP contribution in [0.25, 0.3) is 0 Å². The highest BCUT2D eigenvalue weighted by atomic mass is 79.9. The van der Waals surface area contributed by atoms with Crippen LogP contribution < -0.4 is 11.1 Å². The van der Waals surface area contributed by atoms with Gasteiger partial charge in [-0.2, -0.15) is 0 Å². The Hall–Kier alpha value is -0.940. The fraction of sp³-hybridized carbons (Fsp3) is 0.500. The number of hydrogen-bond donors (Lipinski definition) is 2. The van der Waals surface area contributed by atoms with Crippen LogP contribution in [0.5, 0.6) is 0 Å². The van der Waals surface area contributed by atoms with Crippen LogP contribution in [-0.4, -0.2) is 19.0 Å². The number of carbonyl (C=O) groups is 1. The van der Waals surface area contributed by atoms with E-state index in [0.29, 0.717) is 31.5 Å². The van der Waals surface area contributed by atoms with Gasteiger partial charge in [-0.3, -0.25) is 4.79 Å². The Bertz CT molecular complexity index is 449. The van der Waals surface area contributed by atoms with Crippen molar-refractivity contribution in [2.24, 2.45) is 11.1 Å². The first-order chi connectivity index (χ1) is 8.84. The van der Waals surface area contributed by atoms with E-state index in [1.165, 1.54) is 6.07 Å². The van der Waals surface area contributed by atoms with Crippen molar-refractivity contribution < 1.29 is 9.18 Å². The fourth-order valence-electron chi connectivity index (χ4n) is 1.64. The summed E-state index contributed by atoms with van der Waals surface area (Å²) in [6, 6.07) is 4.80. The van der Waals surface area contributed by atoms with Gasteiger partial charge < -0.3 is 11.1 Å². The first kappa shape index (κ1) is 16.1. The Balaban J connectivity index is 2.42. The number of amides is 1. The van der Waals surface area contributed by atoms with Gasteiger partial charge in [-0.25, -0.2) is 4.39 Å². The molecule has 0 saturated heterocycles. The summed E-state index contributed by atoms with van der Waals surface area (Å²) in [7, 11) is 0. The average Bonchev–Trinajstić information content (AvgIpc) is 2.33. The molecular formula is C14H20BrFN2O. The molecule has 0 saturated carbocycles. The molecule has 19 heavy (non-hydrogen) atoms. The van der Waals surface area contributed by atoms with Gasteiger partial charge in [0, 0.05) is 17.4 Å². The standard InChI is InChI=1S/C14H20BrFN2O/c1-14(2,9-17)8-13(19)18-6-5-10-7-11(15)3-4-12(10)16/h3-4,7H,5-6,8-9,17H2,1-2H3,(H,18,19). The van der Waals surface area contributed by atoms with Gasteiger partial charge in [0.1, 0.15) is 5.82 Å². The highest BCUT2D eigenvalue weighted by Gasteiger charge is 2.19. The largest absolute Gasteiger partial charge is 0.356 e. The molecule has 5 heteroatoms. The minimum absolute atomic E-state index is 0.0501. The number of carbonyl (C=O) groups excluding carboxylic acids is 1. The number of benzene rings is 1. The van der Waals surface area contributed by atoms with Crippen LogP contribution in [0.4, 0.5) is 4.39 Å². The van der Waals surface area contributed by atoms with E-state index in [9.17, 15) is 9.18 Å². The van der Waals surface area contributed by atoms with Crippen LogP contribution in [0.3, 0.4) is 0 Å². The molecule has 0 aromatic heterocycles. The van der Waals surface area contributed by atoms with Gasteiger partial charge in [-0.1, -0.05) is 29.8 Å². The second-order valence-electron chi connectivity index (χ2n) is 5.38. The van der Waals surface area contributed by atoms with Crippen molar-refractivity contribution in [3.63, 3.8) is 0 Å². The van der Waals surface area contributed by atoms with Gasteiger partial charge in [-0.05, 0) is 42.1 Å². The molecule has 1 aromatic rings. The van der Waals surface area contributed by atoms with Crippen molar-refractivity contribution in [3.05, 3.63) is 34.1 Å². The van der Waals surface area contributed by atoms with Crippen molar-refractivity contribution in [2.75, 3.05) is 13.1 Å². The van der Waals surface area contributed by atoms with Crippen LogP contribution in [0.15, 0.2) is 22.7 Å². The lowest BCUT2D eigenvalue weighted by molar-refractivity contribution is -0.122. The monoisotopic (exact) mass is 330 g/mol. The maximum absolute atomic E-state index is 13.5. The molecule has 3 N–H and O–H groups in total. The van der Waals surface area contributed by atoms with Crippen LogP contribution in [0.2, 0.25) is 0 Å². The van der Waals surface area contributed by atoms with Gasteiger partial charge in [0.05, 0.1) is 0 Å². The summed E-state index contributed by atoms with van der Waals surface area (Å²) in [5.41, 5.74) is 5.96. The molecule has 1 amide bonds. The van der Waals surface area contributed by atoms with E-state index >= 15 is 0 Å². The Kier molecular flexibility index (Phi) is 5.94. The Morgan fingerprint density at radius 1 is 1.47 bits per heavy atom. The third-order valence-corrected chi connectivity index (χ3v) is 3.41. The second kappa shape index (κ2) is 7.01. The lowest BCUT2D eigenvalue weighted by Gasteiger charge is -2.21. The molecule has 0 aliphatic heterocycles. The average molecular weight is 331 g/mol. The molecule has 0 aliphatic rings. The summed E-state index contributed by atoms with van der Waals surface area (Å²) >= 11 is 3.30. The lowest BCUT2D eigenvalue weighted by atomic mass is 9.89. The molecule has 0 fully saturated rings. The predicted octanol–water partition coefficient (Wildman–Crippen LogP) is 2.62. The first-order valence-corrected chi connectivity index (χ1v) is 7.04. The van der Waals surface area contributed by atoms with Gasteiger partial charge in [0.25, 0.3) is 0 Å². The Morgan fingerprint density at radius 2 is 2.16 bits per heavy atom. The van der Waals surface area contributed by atoms with Crippen molar-refractivity contribution in [3.8, 4) is 0 Å². The molecule has 106 valence electrons. The van der Waals surface area contributed by atoms with Gasteiger partial charge >= 0.3 is 0 Å². The summed E-state index contributed by atoms with van der Waals surface area (Å²) in [6.45, 7) is 4.77. The zero-order chi connectivity index (χ0) is 14.5.